The Labute approximate surface area is 145 Å². The Balaban J connectivity index is 1.92. The third kappa shape index (κ3) is 3.24. The minimum absolute atomic E-state index is 0.00744. The van der Waals surface area contributed by atoms with E-state index in [9.17, 15) is 14.9 Å². The van der Waals surface area contributed by atoms with Crippen LogP contribution in [-0.4, -0.2) is 21.9 Å². The molecule has 1 aliphatic rings. The maximum atomic E-state index is 12.6. The van der Waals surface area contributed by atoms with Crippen LogP contribution in [0.15, 0.2) is 65.7 Å². The fourth-order valence-electron chi connectivity index (χ4n) is 2.97. The second kappa shape index (κ2) is 6.76. The van der Waals surface area contributed by atoms with Crippen molar-refractivity contribution >= 4 is 17.3 Å². The fraction of sp³-hybridized carbons (Fsp3) is 0.211. The van der Waals surface area contributed by atoms with Gasteiger partial charge in [0, 0.05) is 18.2 Å². The number of hydrogen-bond donors (Lipinski definition) is 1. The Morgan fingerprint density at radius 2 is 1.72 bits per heavy atom. The molecule has 1 aliphatic heterocycles. The van der Waals surface area contributed by atoms with Gasteiger partial charge in [0.15, 0.2) is 0 Å². The van der Waals surface area contributed by atoms with Crippen LogP contribution in [0, 0.1) is 10.1 Å². The van der Waals surface area contributed by atoms with Crippen molar-refractivity contribution in [2.45, 2.75) is 26.6 Å². The minimum atomic E-state index is -0.424. The topological polar surface area (TPSA) is 75.5 Å². The molecule has 0 fully saturated rings. The van der Waals surface area contributed by atoms with E-state index in [-0.39, 0.29) is 11.6 Å². The summed E-state index contributed by atoms with van der Waals surface area (Å²) in [5.41, 5.74) is 2.95. The largest absolute Gasteiger partial charge is 0.356 e. The van der Waals surface area contributed by atoms with E-state index in [0.717, 1.165) is 11.1 Å². The van der Waals surface area contributed by atoms with Gasteiger partial charge in [-0.15, -0.1) is 0 Å². The molecule has 0 aromatic heterocycles. The number of amides is 1. The van der Waals surface area contributed by atoms with Gasteiger partial charge < -0.3 is 10.2 Å². The molecule has 0 aliphatic carbocycles. The van der Waals surface area contributed by atoms with Crippen LogP contribution in [-0.2, 0) is 11.3 Å². The van der Waals surface area contributed by atoms with Gasteiger partial charge in [-0.05, 0) is 31.1 Å². The molecule has 1 heterocycles. The smallest absolute Gasteiger partial charge is 0.292 e. The van der Waals surface area contributed by atoms with E-state index in [2.05, 4.69) is 5.32 Å². The van der Waals surface area contributed by atoms with Crippen LogP contribution in [0.2, 0.25) is 0 Å². The maximum absolute atomic E-state index is 12.6. The highest BCUT2D eigenvalue weighted by Gasteiger charge is 2.35. The van der Waals surface area contributed by atoms with Crippen LogP contribution in [0.5, 0.6) is 0 Å². The molecule has 2 aromatic carbocycles. The number of nitro benzene ring substituents is 1. The summed E-state index contributed by atoms with van der Waals surface area (Å²) in [6.07, 6.45) is -0.409. The number of nitrogens with zero attached hydrogens (tertiary/aromatic N) is 2. The summed E-state index contributed by atoms with van der Waals surface area (Å²) in [5.74, 6) is -0.0579. The Morgan fingerprint density at radius 1 is 1.08 bits per heavy atom. The molecule has 0 unspecified atom stereocenters. The molecule has 0 spiro atoms. The normalized spacial score (nSPS) is 17.1. The number of carbonyl (C=O) groups is 1. The summed E-state index contributed by atoms with van der Waals surface area (Å²) in [4.78, 5) is 25.2. The number of carbonyl (C=O) groups excluding carboxylic acids is 1. The summed E-state index contributed by atoms with van der Waals surface area (Å²) in [6.45, 7) is 4.11. The first kappa shape index (κ1) is 16.7. The predicted molar refractivity (Wildman–Crippen MR) is 95.9 cm³/mol. The standard InChI is InChI=1S/C19H19N3O3/c1-13-14(2)19(23)21(12-15-8-4-3-5-9-15)18(13)20-16-10-6-7-11-17(16)22(24)25/h3-11,18,20H,12H2,1-2H3/t18-/m0/s1. The highest BCUT2D eigenvalue weighted by molar-refractivity contribution is 5.97. The number of hydrogen-bond acceptors (Lipinski definition) is 4. The molecule has 1 amide bonds. The van der Waals surface area contributed by atoms with E-state index < -0.39 is 11.1 Å². The first-order valence-corrected chi connectivity index (χ1v) is 8.01. The van der Waals surface area contributed by atoms with Gasteiger partial charge in [-0.25, -0.2) is 0 Å². The average molecular weight is 337 g/mol. The van der Waals surface area contributed by atoms with Crippen molar-refractivity contribution in [2.75, 3.05) is 5.32 Å². The lowest BCUT2D eigenvalue weighted by Gasteiger charge is -2.28. The van der Waals surface area contributed by atoms with Gasteiger partial charge >= 0.3 is 0 Å². The van der Waals surface area contributed by atoms with Gasteiger partial charge in [0.1, 0.15) is 11.9 Å². The molecular formula is C19H19N3O3. The van der Waals surface area contributed by atoms with Crippen LogP contribution in [0.1, 0.15) is 19.4 Å². The monoisotopic (exact) mass is 337 g/mol. The Hall–Kier alpha value is -3.15. The SMILES string of the molecule is CC1=C(C)[C@@H](Nc2ccccc2[N+](=O)[O-])N(Cc2ccccc2)C1=O. The number of para-hydroxylation sites is 2. The fourth-order valence-corrected chi connectivity index (χ4v) is 2.97. The van der Waals surface area contributed by atoms with E-state index in [1.807, 2.05) is 37.3 Å². The summed E-state index contributed by atoms with van der Waals surface area (Å²) in [6, 6.07) is 16.2. The third-order valence-electron chi connectivity index (χ3n) is 4.48. The van der Waals surface area contributed by atoms with Crippen molar-refractivity contribution < 1.29 is 9.72 Å². The summed E-state index contributed by atoms with van der Waals surface area (Å²) < 4.78 is 0. The zero-order valence-electron chi connectivity index (χ0n) is 14.1. The average Bonchev–Trinajstić information content (AvgIpc) is 2.81. The van der Waals surface area contributed by atoms with E-state index in [0.29, 0.717) is 17.8 Å². The Kier molecular flexibility index (Phi) is 4.52. The van der Waals surface area contributed by atoms with Crippen molar-refractivity contribution in [1.29, 1.82) is 0 Å². The van der Waals surface area contributed by atoms with E-state index in [1.54, 1.807) is 30.0 Å². The van der Waals surface area contributed by atoms with Crippen molar-refractivity contribution in [2.24, 2.45) is 0 Å². The van der Waals surface area contributed by atoms with E-state index >= 15 is 0 Å². The van der Waals surface area contributed by atoms with Gasteiger partial charge in [-0.3, -0.25) is 14.9 Å². The van der Waals surface area contributed by atoms with Gasteiger partial charge in [0.05, 0.1) is 4.92 Å². The highest BCUT2D eigenvalue weighted by Crippen LogP contribution is 2.31. The summed E-state index contributed by atoms with van der Waals surface area (Å²) in [7, 11) is 0. The molecule has 6 heteroatoms. The molecule has 128 valence electrons. The highest BCUT2D eigenvalue weighted by atomic mass is 16.6. The summed E-state index contributed by atoms with van der Waals surface area (Å²) >= 11 is 0. The lowest BCUT2D eigenvalue weighted by Crippen LogP contribution is -2.40. The van der Waals surface area contributed by atoms with Crippen LogP contribution < -0.4 is 5.32 Å². The molecule has 6 nitrogen and oxygen atoms in total. The second-order valence-electron chi connectivity index (χ2n) is 6.05. The van der Waals surface area contributed by atoms with Crippen molar-refractivity contribution in [3.05, 3.63) is 81.4 Å². The lowest BCUT2D eigenvalue weighted by molar-refractivity contribution is -0.384. The van der Waals surface area contributed by atoms with Crippen LogP contribution >= 0.6 is 0 Å². The Morgan fingerprint density at radius 3 is 2.40 bits per heavy atom. The van der Waals surface area contributed by atoms with Gasteiger partial charge in [0.25, 0.3) is 11.6 Å². The Bertz CT molecular complexity index is 846. The van der Waals surface area contributed by atoms with Crippen LogP contribution in [0.25, 0.3) is 0 Å². The third-order valence-corrected chi connectivity index (χ3v) is 4.48. The molecule has 2 aromatic rings. The van der Waals surface area contributed by atoms with E-state index in [1.165, 1.54) is 6.07 Å². The van der Waals surface area contributed by atoms with Crippen LogP contribution in [0.3, 0.4) is 0 Å². The van der Waals surface area contributed by atoms with Gasteiger partial charge in [0.2, 0.25) is 0 Å². The molecule has 0 radical (unpaired) electrons. The molecule has 0 saturated carbocycles. The molecule has 25 heavy (non-hydrogen) atoms. The van der Waals surface area contributed by atoms with Crippen molar-refractivity contribution in [1.82, 2.24) is 4.90 Å². The molecule has 3 rings (SSSR count). The quantitative estimate of drug-likeness (QED) is 0.666. The molecule has 0 bridgehead atoms. The molecule has 1 atom stereocenters. The van der Waals surface area contributed by atoms with Gasteiger partial charge in [-0.2, -0.15) is 0 Å². The van der Waals surface area contributed by atoms with Crippen LogP contribution in [0.4, 0.5) is 11.4 Å². The molecular weight excluding hydrogens is 318 g/mol. The number of anilines is 1. The van der Waals surface area contributed by atoms with Gasteiger partial charge in [-0.1, -0.05) is 42.5 Å². The molecule has 0 saturated heterocycles. The second-order valence-corrected chi connectivity index (χ2v) is 6.05. The zero-order chi connectivity index (χ0) is 18.0. The first-order chi connectivity index (χ1) is 12.0. The number of nitro groups is 1. The van der Waals surface area contributed by atoms with E-state index in [4.69, 9.17) is 0 Å². The lowest BCUT2D eigenvalue weighted by atomic mass is 10.1. The maximum Gasteiger partial charge on any atom is 0.292 e. The van der Waals surface area contributed by atoms with Crippen molar-refractivity contribution in [3.8, 4) is 0 Å². The zero-order valence-corrected chi connectivity index (χ0v) is 14.1. The summed E-state index contributed by atoms with van der Waals surface area (Å²) in [5, 5.41) is 14.4. The van der Waals surface area contributed by atoms with Crippen molar-refractivity contribution in [3.63, 3.8) is 0 Å². The number of nitrogens with one attached hydrogen (secondary N) is 1. The first-order valence-electron chi connectivity index (χ1n) is 8.01. The molecule has 1 N–H and O–H groups in total. The number of benzene rings is 2. The minimum Gasteiger partial charge on any atom is -0.356 e. The predicted octanol–water partition coefficient (Wildman–Crippen LogP) is 3.71. The number of rotatable bonds is 5.